The van der Waals surface area contributed by atoms with Gasteiger partial charge in [-0.2, -0.15) is 0 Å². The van der Waals surface area contributed by atoms with Crippen LogP contribution in [0.4, 0.5) is 0 Å². The second-order valence-electron chi connectivity index (χ2n) is 3.62. The molecule has 3 heteroatoms. The molecule has 1 fully saturated rings. The summed E-state index contributed by atoms with van der Waals surface area (Å²) in [5, 5.41) is 0. The van der Waals surface area contributed by atoms with Gasteiger partial charge in [0.15, 0.2) is 0 Å². The van der Waals surface area contributed by atoms with E-state index in [1.807, 2.05) is 12.1 Å². The minimum atomic E-state index is -0.295. The summed E-state index contributed by atoms with van der Waals surface area (Å²) in [4.78, 5) is 11.1. The maximum Gasteiger partial charge on any atom is 0.337 e. The first-order valence-electron chi connectivity index (χ1n) is 4.66. The van der Waals surface area contributed by atoms with Crippen LogP contribution in [0, 0.1) is 0 Å². The smallest absolute Gasteiger partial charge is 0.337 e. The zero-order chi connectivity index (χ0) is 10.1. The van der Waals surface area contributed by atoms with Gasteiger partial charge in [0.05, 0.1) is 12.7 Å². The molecular weight excluding hydrogens is 178 g/mol. The molecule has 0 saturated heterocycles. The number of benzene rings is 1. The molecule has 1 aromatic rings. The number of esters is 1. The molecule has 2 atom stereocenters. The fourth-order valence-corrected chi connectivity index (χ4v) is 1.58. The summed E-state index contributed by atoms with van der Waals surface area (Å²) < 4.78 is 4.61. The van der Waals surface area contributed by atoms with Gasteiger partial charge in [0.25, 0.3) is 0 Å². The van der Waals surface area contributed by atoms with Gasteiger partial charge < -0.3 is 10.5 Å². The topological polar surface area (TPSA) is 52.3 Å². The van der Waals surface area contributed by atoms with E-state index in [0.29, 0.717) is 17.5 Å². The van der Waals surface area contributed by atoms with E-state index >= 15 is 0 Å². The molecule has 0 spiro atoms. The molecule has 3 nitrogen and oxygen atoms in total. The lowest BCUT2D eigenvalue weighted by molar-refractivity contribution is 0.0600. The van der Waals surface area contributed by atoms with Crippen molar-refractivity contribution in [3.05, 3.63) is 35.4 Å². The number of rotatable bonds is 2. The molecule has 2 N–H and O–H groups in total. The molecule has 0 bridgehead atoms. The van der Waals surface area contributed by atoms with E-state index in [4.69, 9.17) is 5.73 Å². The van der Waals surface area contributed by atoms with Crippen molar-refractivity contribution in [1.29, 1.82) is 0 Å². The lowest BCUT2D eigenvalue weighted by atomic mass is 10.1. The van der Waals surface area contributed by atoms with Crippen LogP contribution in [0.1, 0.15) is 28.3 Å². The molecule has 1 aliphatic carbocycles. The van der Waals surface area contributed by atoms with Gasteiger partial charge in [0.1, 0.15) is 0 Å². The Labute approximate surface area is 82.9 Å². The van der Waals surface area contributed by atoms with Gasteiger partial charge in [-0.1, -0.05) is 12.1 Å². The lowest BCUT2D eigenvalue weighted by Gasteiger charge is -2.01. The van der Waals surface area contributed by atoms with E-state index in [0.717, 1.165) is 6.42 Å². The van der Waals surface area contributed by atoms with Crippen LogP contribution in [-0.2, 0) is 4.74 Å². The van der Waals surface area contributed by atoms with Crippen LogP contribution in [0.2, 0.25) is 0 Å². The van der Waals surface area contributed by atoms with Crippen molar-refractivity contribution >= 4 is 5.97 Å². The number of nitrogens with two attached hydrogens (primary N) is 1. The predicted molar refractivity (Wildman–Crippen MR) is 53.1 cm³/mol. The van der Waals surface area contributed by atoms with Crippen LogP contribution in [0.15, 0.2) is 24.3 Å². The van der Waals surface area contributed by atoms with E-state index in [9.17, 15) is 4.79 Å². The monoisotopic (exact) mass is 191 g/mol. The maximum absolute atomic E-state index is 11.1. The van der Waals surface area contributed by atoms with Gasteiger partial charge in [-0.05, 0) is 24.1 Å². The zero-order valence-electron chi connectivity index (χ0n) is 8.07. The van der Waals surface area contributed by atoms with Crippen LogP contribution in [0.3, 0.4) is 0 Å². The largest absolute Gasteiger partial charge is 0.465 e. The Balaban J connectivity index is 2.14. The fourth-order valence-electron chi connectivity index (χ4n) is 1.58. The highest BCUT2D eigenvalue weighted by Crippen LogP contribution is 2.38. The van der Waals surface area contributed by atoms with Gasteiger partial charge in [-0.3, -0.25) is 0 Å². The Hall–Kier alpha value is -1.35. The standard InChI is InChI=1S/C11H13NO2/c1-14-11(13)8-4-2-7(3-5-8)9-6-10(9)12/h2-5,9-10H,6,12H2,1H3. The van der Waals surface area contributed by atoms with Crippen LogP contribution in [0.25, 0.3) is 0 Å². The molecule has 0 heterocycles. The third-order valence-corrected chi connectivity index (χ3v) is 2.60. The average molecular weight is 191 g/mol. The third-order valence-electron chi connectivity index (χ3n) is 2.60. The fraction of sp³-hybridized carbons (Fsp3) is 0.364. The molecule has 2 rings (SSSR count). The molecule has 14 heavy (non-hydrogen) atoms. The third kappa shape index (κ3) is 1.63. The van der Waals surface area contributed by atoms with Crippen molar-refractivity contribution in [2.75, 3.05) is 7.11 Å². The van der Waals surface area contributed by atoms with Crippen LogP contribution >= 0.6 is 0 Å². The van der Waals surface area contributed by atoms with Gasteiger partial charge in [0.2, 0.25) is 0 Å². The summed E-state index contributed by atoms with van der Waals surface area (Å²) in [6, 6.07) is 7.77. The van der Waals surface area contributed by atoms with Crippen LogP contribution in [-0.4, -0.2) is 19.1 Å². The Morgan fingerprint density at radius 2 is 2.00 bits per heavy atom. The molecule has 0 aromatic heterocycles. The predicted octanol–water partition coefficient (Wildman–Crippen LogP) is 1.29. The highest BCUT2D eigenvalue weighted by atomic mass is 16.5. The molecule has 1 aromatic carbocycles. The maximum atomic E-state index is 11.1. The van der Waals surface area contributed by atoms with Gasteiger partial charge in [-0.25, -0.2) is 4.79 Å². The van der Waals surface area contributed by atoms with Crippen molar-refractivity contribution in [2.45, 2.75) is 18.4 Å². The molecule has 0 radical (unpaired) electrons. The first kappa shape index (κ1) is 9.21. The highest BCUT2D eigenvalue weighted by Gasteiger charge is 2.34. The number of carbonyl (C=O) groups excluding carboxylic acids is 1. The average Bonchev–Trinajstić information content (AvgIpc) is 2.95. The van der Waals surface area contributed by atoms with Crippen LogP contribution < -0.4 is 5.73 Å². The molecule has 1 saturated carbocycles. The molecule has 2 unspecified atom stereocenters. The van der Waals surface area contributed by atoms with Crippen molar-refractivity contribution < 1.29 is 9.53 Å². The van der Waals surface area contributed by atoms with E-state index < -0.39 is 0 Å². The Morgan fingerprint density at radius 3 is 2.43 bits per heavy atom. The summed E-state index contributed by atoms with van der Waals surface area (Å²) in [5.41, 5.74) is 7.53. The highest BCUT2D eigenvalue weighted by molar-refractivity contribution is 5.89. The number of methoxy groups -OCH3 is 1. The number of hydrogen-bond donors (Lipinski definition) is 1. The quantitative estimate of drug-likeness (QED) is 0.716. The van der Waals surface area contributed by atoms with Gasteiger partial charge in [-0.15, -0.1) is 0 Å². The van der Waals surface area contributed by atoms with E-state index in [1.54, 1.807) is 12.1 Å². The summed E-state index contributed by atoms with van der Waals surface area (Å²) in [6.07, 6.45) is 1.05. The van der Waals surface area contributed by atoms with Crippen molar-refractivity contribution in [2.24, 2.45) is 5.73 Å². The summed E-state index contributed by atoms with van der Waals surface area (Å²) in [6.45, 7) is 0. The Kier molecular flexibility index (Phi) is 2.25. The molecule has 0 amide bonds. The second kappa shape index (κ2) is 3.42. The van der Waals surface area contributed by atoms with E-state index in [1.165, 1.54) is 12.7 Å². The first-order valence-corrected chi connectivity index (χ1v) is 4.66. The van der Waals surface area contributed by atoms with E-state index in [2.05, 4.69) is 4.74 Å². The number of ether oxygens (including phenoxy) is 1. The summed E-state index contributed by atoms with van der Waals surface area (Å²) in [5.74, 6) is 0.193. The van der Waals surface area contributed by atoms with Crippen molar-refractivity contribution in [1.82, 2.24) is 0 Å². The molecule has 1 aliphatic rings. The minimum Gasteiger partial charge on any atom is -0.465 e. The summed E-state index contributed by atoms with van der Waals surface area (Å²) in [7, 11) is 1.38. The first-order chi connectivity index (χ1) is 6.72. The zero-order valence-corrected chi connectivity index (χ0v) is 8.07. The van der Waals surface area contributed by atoms with E-state index in [-0.39, 0.29) is 5.97 Å². The molecule has 74 valence electrons. The van der Waals surface area contributed by atoms with Gasteiger partial charge in [0, 0.05) is 12.0 Å². The van der Waals surface area contributed by atoms with Crippen LogP contribution in [0.5, 0.6) is 0 Å². The molecule has 0 aliphatic heterocycles. The number of carbonyl (C=O) groups is 1. The molecular formula is C11H13NO2. The Bertz CT molecular complexity index is 345. The SMILES string of the molecule is COC(=O)c1ccc(C2CC2N)cc1. The second-order valence-corrected chi connectivity index (χ2v) is 3.62. The van der Waals surface area contributed by atoms with Gasteiger partial charge >= 0.3 is 5.97 Å². The van der Waals surface area contributed by atoms with Crippen molar-refractivity contribution in [3.8, 4) is 0 Å². The van der Waals surface area contributed by atoms with Crippen molar-refractivity contribution in [3.63, 3.8) is 0 Å². The summed E-state index contributed by atoms with van der Waals surface area (Å²) >= 11 is 0. The Morgan fingerprint density at radius 1 is 1.43 bits per heavy atom. The minimum absolute atomic E-state index is 0.295. The lowest BCUT2D eigenvalue weighted by Crippen LogP contribution is -2.03. The number of hydrogen-bond acceptors (Lipinski definition) is 3. The normalized spacial score (nSPS) is 24.4.